The summed E-state index contributed by atoms with van der Waals surface area (Å²) in [4.78, 5) is 33.9. The molecule has 0 radical (unpaired) electrons. The fraction of sp³-hybridized carbons (Fsp3) is 0.389. The van der Waals surface area contributed by atoms with E-state index in [4.69, 9.17) is 11.6 Å². The summed E-state index contributed by atoms with van der Waals surface area (Å²) in [5.41, 5.74) is 1.63. The lowest BCUT2D eigenvalue weighted by atomic mass is 10.3. The first-order chi connectivity index (χ1) is 12.4. The maximum absolute atomic E-state index is 12.2. The van der Waals surface area contributed by atoms with Crippen molar-refractivity contribution in [1.82, 2.24) is 14.8 Å². The summed E-state index contributed by atoms with van der Waals surface area (Å²) in [6.45, 7) is 6.98. The summed E-state index contributed by atoms with van der Waals surface area (Å²) >= 11 is 7.50. The van der Waals surface area contributed by atoms with E-state index in [9.17, 15) is 9.59 Å². The van der Waals surface area contributed by atoms with Gasteiger partial charge in [-0.2, -0.15) is 0 Å². The summed E-state index contributed by atoms with van der Waals surface area (Å²) in [5, 5.41) is 3.19. The molecular formula is C18H21ClN4O2S. The molecule has 1 aliphatic rings. The quantitative estimate of drug-likeness (QED) is 0.802. The van der Waals surface area contributed by atoms with E-state index in [-0.39, 0.29) is 11.8 Å². The van der Waals surface area contributed by atoms with Crippen LogP contribution in [0.5, 0.6) is 0 Å². The van der Waals surface area contributed by atoms with Gasteiger partial charge in [0.2, 0.25) is 11.8 Å². The SMILES string of the molecule is CC(=O)N1CCN(Cc2csc(N(C(C)=O)c3cccc(Cl)c3)n2)CC1. The fourth-order valence-electron chi connectivity index (χ4n) is 2.96. The number of thiazole rings is 1. The van der Waals surface area contributed by atoms with Gasteiger partial charge in [0.05, 0.1) is 11.4 Å². The molecule has 0 atom stereocenters. The Balaban J connectivity index is 1.70. The number of halogens is 1. The lowest BCUT2D eigenvalue weighted by Crippen LogP contribution is -2.47. The Bertz CT molecular complexity index is 802. The van der Waals surface area contributed by atoms with Crippen LogP contribution < -0.4 is 4.90 Å². The first-order valence-electron chi connectivity index (χ1n) is 8.42. The number of carbonyl (C=O) groups is 2. The average Bonchev–Trinajstić information content (AvgIpc) is 3.03. The maximum Gasteiger partial charge on any atom is 0.230 e. The Kier molecular flexibility index (Phi) is 5.90. The van der Waals surface area contributed by atoms with Crippen LogP contribution in [-0.4, -0.2) is 52.8 Å². The largest absolute Gasteiger partial charge is 0.340 e. The highest BCUT2D eigenvalue weighted by atomic mass is 35.5. The van der Waals surface area contributed by atoms with Crippen molar-refractivity contribution in [1.29, 1.82) is 0 Å². The van der Waals surface area contributed by atoms with Gasteiger partial charge in [0.1, 0.15) is 0 Å². The molecule has 26 heavy (non-hydrogen) atoms. The Morgan fingerprint density at radius 2 is 1.96 bits per heavy atom. The molecule has 0 unspecified atom stereocenters. The van der Waals surface area contributed by atoms with E-state index >= 15 is 0 Å². The zero-order valence-electron chi connectivity index (χ0n) is 14.8. The molecule has 1 aromatic carbocycles. The minimum atomic E-state index is -0.108. The highest BCUT2D eigenvalue weighted by Gasteiger charge is 2.21. The molecule has 1 aromatic heterocycles. The molecule has 138 valence electrons. The summed E-state index contributed by atoms with van der Waals surface area (Å²) in [6, 6.07) is 7.19. The third kappa shape index (κ3) is 4.41. The third-order valence-corrected chi connectivity index (χ3v) is 5.43. The fourth-order valence-corrected chi connectivity index (χ4v) is 4.03. The van der Waals surface area contributed by atoms with Gasteiger partial charge in [0, 0.05) is 57.0 Å². The van der Waals surface area contributed by atoms with E-state index in [1.165, 1.54) is 18.3 Å². The van der Waals surface area contributed by atoms with Crippen LogP contribution in [0.15, 0.2) is 29.6 Å². The van der Waals surface area contributed by atoms with E-state index < -0.39 is 0 Å². The topological polar surface area (TPSA) is 56.8 Å². The number of hydrogen-bond acceptors (Lipinski definition) is 5. The lowest BCUT2D eigenvalue weighted by molar-refractivity contribution is -0.130. The van der Waals surface area contributed by atoms with Gasteiger partial charge in [-0.1, -0.05) is 17.7 Å². The third-order valence-electron chi connectivity index (χ3n) is 4.32. The minimum absolute atomic E-state index is 0.108. The predicted molar refractivity (Wildman–Crippen MR) is 104 cm³/mol. The van der Waals surface area contributed by atoms with Crippen molar-refractivity contribution in [3.63, 3.8) is 0 Å². The van der Waals surface area contributed by atoms with Crippen LogP contribution in [0.3, 0.4) is 0 Å². The summed E-state index contributed by atoms with van der Waals surface area (Å²) < 4.78 is 0. The first kappa shape index (κ1) is 18.8. The highest BCUT2D eigenvalue weighted by Crippen LogP contribution is 2.30. The van der Waals surface area contributed by atoms with Gasteiger partial charge in [0.15, 0.2) is 5.13 Å². The summed E-state index contributed by atoms with van der Waals surface area (Å²) in [7, 11) is 0. The molecule has 3 rings (SSSR count). The van der Waals surface area contributed by atoms with Gasteiger partial charge < -0.3 is 4.90 Å². The number of hydrogen-bond donors (Lipinski definition) is 0. The Hall–Kier alpha value is -1.96. The molecule has 8 heteroatoms. The molecule has 0 N–H and O–H groups in total. The number of nitrogens with zero attached hydrogens (tertiary/aromatic N) is 4. The average molecular weight is 393 g/mol. The van der Waals surface area contributed by atoms with Crippen molar-refractivity contribution in [2.45, 2.75) is 20.4 Å². The lowest BCUT2D eigenvalue weighted by Gasteiger charge is -2.33. The van der Waals surface area contributed by atoms with Crippen molar-refractivity contribution in [3.05, 3.63) is 40.4 Å². The van der Waals surface area contributed by atoms with Gasteiger partial charge in [0.25, 0.3) is 0 Å². The minimum Gasteiger partial charge on any atom is -0.340 e. The first-order valence-corrected chi connectivity index (χ1v) is 9.68. The van der Waals surface area contributed by atoms with Gasteiger partial charge in [-0.05, 0) is 18.2 Å². The number of anilines is 2. The van der Waals surface area contributed by atoms with Crippen LogP contribution >= 0.6 is 22.9 Å². The monoisotopic (exact) mass is 392 g/mol. The Morgan fingerprint density at radius 1 is 1.23 bits per heavy atom. The van der Waals surface area contributed by atoms with Crippen LogP contribution in [0.1, 0.15) is 19.5 Å². The number of rotatable bonds is 4. The second kappa shape index (κ2) is 8.16. The van der Waals surface area contributed by atoms with Crippen molar-refractivity contribution in [2.75, 3.05) is 31.1 Å². The standard InChI is InChI=1S/C18H21ClN4O2S/c1-13(24)22-8-6-21(7-9-22)11-16-12-26-18(20-16)23(14(2)25)17-5-3-4-15(19)10-17/h3-5,10,12H,6-9,11H2,1-2H3. The smallest absolute Gasteiger partial charge is 0.230 e. The van der Waals surface area contributed by atoms with Gasteiger partial charge >= 0.3 is 0 Å². The van der Waals surface area contributed by atoms with Crippen LogP contribution in [0.25, 0.3) is 0 Å². The van der Waals surface area contributed by atoms with Crippen LogP contribution in [0.4, 0.5) is 10.8 Å². The molecule has 1 aliphatic heterocycles. The molecule has 0 aliphatic carbocycles. The van der Waals surface area contributed by atoms with Crippen molar-refractivity contribution >= 4 is 45.6 Å². The zero-order valence-corrected chi connectivity index (χ0v) is 16.4. The molecule has 0 bridgehead atoms. The van der Waals surface area contributed by atoms with E-state index in [0.717, 1.165) is 31.9 Å². The number of piperazine rings is 1. The molecule has 2 amide bonds. The van der Waals surface area contributed by atoms with E-state index in [1.54, 1.807) is 24.0 Å². The van der Waals surface area contributed by atoms with Crippen molar-refractivity contribution in [2.24, 2.45) is 0 Å². The molecule has 2 aromatic rings. The number of aromatic nitrogens is 1. The zero-order chi connectivity index (χ0) is 18.7. The van der Waals surface area contributed by atoms with Crippen LogP contribution in [-0.2, 0) is 16.1 Å². The molecule has 2 heterocycles. The molecular weight excluding hydrogens is 372 g/mol. The number of carbonyl (C=O) groups excluding carboxylic acids is 2. The van der Waals surface area contributed by atoms with E-state index in [0.29, 0.717) is 22.4 Å². The molecule has 1 saturated heterocycles. The second-order valence-corrected chi connectivity index (χ2v) is 7.51. The van der Waals surface area contributed by atoms with Gasteiger partial charge in [-0.15, -0.1) is 11.3 Å². The number of amides is 2. The molecule has 1 fully saturated rings. The van der Waals surface area contributed by atoms with Crippen LogP contribution in [0, 0.1) is 0 Å². The van der Waals surface area contributed by atoms with Crippen LogP contribution in [0.2, 0.25) is 5.02 Å². The summed E-state index contributed by atoms with van der Waals surface area (Å²) in [6.07, 6.45) is 0. The van der Waals surface area contributed by atoms with Gasteiger partial charge in [-0.25, -0.2) is 4.98 Å². The predicted octanol–water partition coefficient (Wildman–Crippen LogP) is 3.15. The van der Waals surface area contributed by atoms with Crippen molar-refractivity contribution < 1.29 is 9.59 Å². The maximum atomic E-state index is 12.2. The molecule has 0 spiro atoms. The van der Waals surface area contributed by atoms with E-state index in [2.05, 4.69) is 9.88 Å². The highest BCUT2D eigenvalue weighted by molar-refractivity contribution is 7.14. The molecule has 6 nitrogen and oxygen atoms in total. The van der Waals surface area contributed by atoms with E-state index in [1.807, 2.05) is 22.4 Å². The second-order valence-electron chi connectivity index (χ2n) is 6.24. The van der Waals surface area contributed by atoms with Crippen molar-refractivity contribution in [3.8, 4) is 0 Å². The Labute approximate surface area is 162 Å². The number of benzene rings is 1. The molecule has 0 saturated carbocycles. The summed E-state index contributed by atoms with van der Waals surface area (Å²) in [5.74, 6) is 0.0162. The Morgan fingerprint density at radius 3 is 2.58 bits per heavy atom. The van der Waals surface area contributed by atoms with Gasteiger partial charge in [-0.3, -0.25) is 19.4 Å². The normalized spacial score (nSPS) is 15.1.